The molecule has 0 aromatic heterocycles. The fourth-order valence-electron chi connectivity index (χ4n) is 0.476. The second-order valence-electron chi connectivity index (χ2n) is 1.54. The molecule has 1 rings (SSSR count). The van der Waals surface area contributed by atoms with Gasteiger partial charge in [0.15, 0.2) is 6.29 Å². The maximum Gasteiger partial charge on any atom is 0.155 e. The summed E-state index contributed by atoms with van der Waals surface area (Å²) >= 11 is 0. The maximum absolute atomic E-state index is 8.81. The summed E-state index contributed by atoms with van der Waals surface area (Å²) in [6, 6.07) is 0. The molecule has 54 valence electrons. The van der Waals surface area contributed by atoms with Gasteiger partial charge < -0.3 is 14.3 Å². The Hall–Kier alpha value is -0.410. The van der Waals surface area contributed by atoms with Crippen molar-refractivity contribution in [3.05, 3.63) is 0 Å². The Labute approximate surface area is 55.0 Å². The Morgan fingerprint density at radius 3 is 1.89 bits per heavy atom. The summed E-state index contributed by atoms with van der Waals surface area (Å²) in [7, 11) is 0. The Bertz CT molecular complexity index is 66.7. The van der Waals surface area contributed by atoms with Crippen LogP contribution in [0.3, 0.4) is 0 Å². The van der Waals surface area contributed by atoms with Crippen LogP contribution in [-0.2, 0) is 14.3 Å². The first-order chi connectivity index (χ1) is 4.31. The predicted octanol–water partition coefficient (Wildman–Crippen LogP) is 0.584. The van der Waals surface area contributed by atoms with Crippen LogP contribution >= 0.6 is 0 Å². The van der Waals surface area contributed by atoms with E-state index in [-0.39, 0.29) is 6.29 Å². The van der Waals surface area contributed by atoms with E-state index in [1.165, 1.54) is 6.92 Å². The molecule has 0 amide bonds. The molecule has 3 heteroatoms. The van der Waals surface area contributed by atoms with E-state index in [1.54, 1.807) is 0 Å². The van der Waals surface area contributed by atoms with Crippen molar-refractivity contribution in [1.29, 1.82) is 0 Å². The van der Waals surface area contributed by atoms with E-state index >= 15 is 0 Å². The van der Waals surface area contributed by atoms with Gasteiger partial charge in [-0.05, 0) is 13.8 Å². The van der Waals surface area contributed by atoms with E-state index in [9.17, 15) is 0 Å². The Kier molecular flexibility index (Phi) is 5.46. The van der Waals surface area contributed by atoms with Crippen LogP contribution in [0.15, 0.2) is 0 Å². The molecule has 0 bridgehead atoms. The second-order valence-corrected chi connectivity index (χ2v) is 1.54. The topological polar surface area (TPSA) is 35.5 Å². The molecule has 3 nitrogen and oxygen atoms in total. The van der Waals surface area contributed by atoms with Gasteiger partial charge in [-0.15, -0.1) is 0 Å². The number of carbonyl (C=O) groups excluding carboxylic acids is 1. The highest BCUT2D eigenvalue weighted by atomic mass is 16.7. The summed E-state index contributed by atoms with van der Waals surface area (Å²) < 4.78 is 9.86. The van der Waals surface area contributed by atoms with Crippen LogP contribution in [0, 0.1) is 0 Å². The third-order valence-corrected chi connectivity index (χ3v) is 0.788. The summed E-state index contributed by atoms with van der Waals surface area (Å²) in [5, 5.41) is 0. The van der Waals surface area contributed by atoms with Crippen molar-refractivity contribution in [3.63, 3.8) is 0 Å². The van der Waals surface area contributed by atoms with Gasteiger partial charge in [0.05, 0.1) is 13.2 Å². The summed E-state index contributed by atoms with van der Waals surface area (Å²) in [5.41, 5.74) is 0. The van der Waals surface area contributed by atoms with Crippen molar-refractivity contribution in [2.24, 2.45) is 0 Å². The molecular weight excluding hydrogens is 120 g/mol. The van der Waals surface area contributed by atoms with E-state index in [0.29, 0.717) is 0 Å². The number of carbonyl (C=O) groups is 1. The molecule has 0 saturated carbocycles. The first-order valence-corrected chi connectivity index (χ1v) is 2.94. The van der Waals surface area contributed by atoms with Crippen molar-refractivity contribution in [2.75, 3.05) is 13.2 Å². The lowest BCUT2D eigenvalue weighted by Gasteiger charge is -1.94. The quantitative estimate of drug-likeness (QED) is 0.452. The molecule has 0 spiro atoms. The molecule has 0 radical (unpaired) electrons. The minimum atomic E-state index is 0.0463. The third-order valence-electron chi connectivity index (χ3n) is 0.788. The molecule has 0 unspecified atom stereocenters. The minimum absolute atomic E-state index is 0.0463. The molecule has 0 aromatic rings. The molecule has 1 aliphatic rings. The monoisotopic (exact) mass is 132 g/mol. The van der Waals surface area contributed by atoms with Crippen LogP contribution in [0.25, 0.3) is 0 Å². The largest absolute Gasteiger partial charge is 0.351 e. The number of hydrogen-bond donors (Lipinski definition) is 0. The van der Waals surface area contributed by atoms with Gasteiger partial charge in [0.2, 0.25) is 0 Å². The Balaban J connectivity index is 0.000000187. The number of aldehydes is 1. The van der Waals surface area contributed by atoms with Crippen LogP contribution < -0.4 is 0 Å². The fraction of sp³-hybridized carbons (Fsp3) is 0.833. The minimum Gasteiger partial charge on any atom is -0.351 e. The van der Waals surface area contributed by atoms with E-state index < -0.39 is 0 Å². The van der Waals surface area contributed by atoms with Crippen LogP contribution in [-0.4, -0.2) is 25.8 Å². The van der Waals surface area contributed by atoms with Gasteiger partial charge in [-0.3, -0.25) is 0 Å². The number of rotatable bonds is 0. The maximum atomic E-state index is 8.81. The molecule has 1 aliphatic heterocycles. The summed E-state index contributed by atoms with van der Waals surface area (Å²) in [6.07, 6.45) is 0.796. The first-order valence-electron chi connectivity index (χ1n) is 2.94. The average Bonchev–Trinajstić information content (AvgIpc) is 2.20. The van der Waals surface area contributed by atoms with Crippen LogP contribution in [0.2, 0.25) is 0 Å². The van der Waals surface area contributed by atoms with E-state index in [1.807, 2.05) is 6.92 Å². The molecular formula is C6H12O3. The van der Waals surface area contributed by atoms with Gasteiger partial charge in [-0.2, -0.15) is 0 Å². The zero-order chi connectivity index (χ0) is 7.11. The SMILES string of the molecule is CC1OCCO1.CC=O. The number of hydrogen-bond acceptors (Lipinski definition) is 3. The van der Waals surface area contributed by atoms with Crippen molar-refractivity contribution >= 4 is 6.29 Å². The molecule has 0 aromatic carbocycles. The van der Waals surface area contributed by atoms with Crippen molar-refractivity contribution in [2.45, 2.75) is 20.1 Å². The standard InChI is InChI=1S/C4H8O2.C2H4O/c1-4-5-2-3-6-4;1-2-3/h4H,2-3H2,1H3;2H,1H3. The zero-order valence-electron chi connectivity index (χ0n) is 5.79. The van der Waals surface area contributed by atoms with Crippen molar-refractivity contribution < 1.29 is 14.3 Å². The highest BCUT2D eigenvalue weighted by molar-refractivity contribution is 5.44. The number of ether oxygens (including phenoxy) is 2. The molecule has 0 aliphatic carbocycles. The fourth-order valence-corrected chi connectivity index (χ4v) is 0.476. The molecule has 0 atom stereocenters. The molecule has 0 N–H and O–H groups in total. The lowest BCUT2D eigenvalue weighted by atomic mass is 10.8. The first kappa shape index (κ1) is 8.59. The smallest absolute Gasteiger partial charge is 0.155 e. The predicted molar refractivity (Wildman–Crippen MR) is 33.1 cm³/mol. The van der Waals surface area contributed by atoms with Gasteiger partial charge in [-0.1, -0.05) is 0 Å². The normalized spacial score (nSPS) is 18.4. The molecule has 1 fully saturated rings. The van der Waals surface area contributed by atoms with Gasteiger partial charge in [0, 0.05) is 0 Å². The average molecular weight is 132 g/mol. The summed E-state index contributed by atoms with van der Waals surface area (Å²) in [6.45, 7) is 4.87. The van der Waals surface area contributed by atoms with E-state index in [4.69, 9.17) is 14.3 Å². The van der Waals surface area contributed by atoms with Crippen LogP contribution in [0.4, 0.5) is 0 Å². The van der Waals surface area contributed by atoms with Crippen LogP contribution in [0.1, 0.15) is 13.8 Å². The third kappa shape index (κ3) is 5.46. The van der Waals surface area contributed by atoms with Crippen molar-refractivity contribution in [3.8, 4) is 0 Å². The second kappa shape index (κ2) is 5.72. The van der Waals surface area contributed by atoms with E-state index in [0.717, 1.165) is 19.5 Å². The highest BCUT2D eigenvalue weighted by Crippen LogP contribution is 1.99. The van der Waals surface area contributed by atoms with Gasteiger partial charge in [0.25, 0.3) is 0 Å². The lowest BCUT2D eigenvalue weighted by molar-refractivity contribution is -0.106. The highest BCUT2D eigenvalue weighted by Gasteiger charge is 2.07. The molecule has 1 saturated heterocycles. The summed E-state index contributed by atoms with van der Waals surface area (Å²) in [5.74, 6) is 0. The Morgan fingerprint density at radius 1 is 1.44 bits per heavy atom. The molecule has 1 heterocycles. The summed E-state index contributed by atoms with van der Waals surface area (Å²) in [4.78, 5) is 8.81. The zero-order valence-corrected chi connectivity index (χ0v) is 5.79. The van der Waals surface area contributed by atoms with Crippen molar-refractivity contribution in [1.82, 2.24) is 0 Å². The van der Waals surface area contributed by atoms with Crippen LogP contribution in [0.5, 0.6) is 0 Å². The Morgan fingerprint density at radius 2 is 1.78 bits per heavy atom. The van der Waals surface area contributed by atoms with Gasteiger partial charge in [-0.25, -0.2) is 0 Å². The lowest BCUT2D eigenvalue weighted by Crippen LogP contribution is -1.97. The van der Waals surface area contributed by atoms with Gasteiger partial charge >= 0.3 is 0 Å². The molecule has 9 heavy (non-hydrogen) atoms. The van der Waals surface area contributed by atoms with E-state index in [2.05, 4.69) is 0 Å². The van der Waals surface area contributed by atoms with Gasteiger partial charge in [0.1, 0.15) is 6.29 Å².